The lowest BCUT2D eigenvalue weighted by Crippen LogP contribution is -2.23. The van der Waals surface area contributed by atoms with E-state index in [9.17, 15) is 4.79 Å². The van der Waals surface area contributed by atoms with Gasteiger partial charge in [-0.3, -0.25) is 9.78 Å². The number of aryl methyl sites for hydroxylation is 1. The molecule has 0 unspecified atom stereocenters. The fourth-order valence-corrected chi connectivity index (χ4v) is 3.49. The molecule has 0 spiro atoms. The van der Waals surface area contributed by atoms with Crippen molar-refractivity contribution < 1.29 is 9.32 Å². The van der Waals surface area contributed by atoms with Crippen molar-refractivity contribution in [3.05, 3.63) is 96.3 Å². The minimum atomic E-state index is -0.172. The molecule has 0 fully saturated rings. The van der Waals surface area contributed by atoms with Gasteiger partial charge in [-0.1, -0.05) is 41.6 Å². The number of imidazole rings is 1. The Kier molecular flexibility index (Phi) is 4.76. The van der Waals surface area contributed by atoms with Gasteiger partial charge in [0.25, 0.3) is 5.91 Å². The Balaban J connectivity index is 1.44. The van der Waals surface area contributed by atoms with E-state index in [2.05, 4.69) is 15.5 Å². The number of pyridine rings is 2. The van der Waals surface area contributed by atoms with Crippen LogP contribution in [-0.2, 0) is 6.54 Å². The van der Waals surface area contributed by atoms with Crippen molar-refractivity contribution in [1.82, 2.24) is 24.8 Å². The zero-order valence-electron chi connectivity index (χ0n) is 16.8. The van der Waals surface area contributed by atoms with Crippen molar-refractivity contribution in [3.63, 3.8) is 0 Å². The second-order valence-corrected chi connectivity index (χ2v) is 7.14. The molecule has 0 radical (unpaired) electrons. The van der Waals surface area contributed by atoms with Crippen LogP contribution in [0.15, 0.2) is 83.8 Å². The van der Waals surface area contributed by atoms with E-state index in [4.69, 9.17) is 9.51 Å². The van der Waals surface area contributed by atoms with Crippen LogP contribution < -0.4 is 5.32 Å². The van der Waals surface area contributed by atoms with Crippen LogP contribution in [0.1, 0.15) is 21.8 Å². The van der Waals surface area contributed by atoms with Crippen LogP contribution in [0, 0.1) is 6.92 Å². The summed E-state index contributed by atoms with van der Waals surface area (Å²) in [6.07, 6.45) is 5.36. The second-order valence-electron chi connectivity index (χ2n) is 7.14. The topological polar surface area (TPSA) is 85.3 Å². The van der Waals surface area contributed by atoms with Crippen LogP contribution in [0.3, 0.4) is 0 Å². The molecule has 0 aliphatic carbocycles. The average Bonchev–Trinajstić information content (AvgIpc) is 3.41. The summed E-state index contributed by atoms with van der Waals surface area (Å²) in [6, 6.07) is 19.0. The van der Waals surface area contributed by atoms with Gasteiger partial charge in [0.1, 0.15) is 17.1 Å². The molecule has 0 atom stereocenters. The number of aromatic nitrogens is 4. The van der Waals surface area contributed by atoms with E-state index < -0.39 is 0 Å². The second kappa shape index (κ2) is 7.87. The fraction of sp³-hybridized carbons (Fsp3) is 0.0833. The summed E-state index contributed by atoms with van der Waals surface area (Å²) < 4.78 is 7.31. The number of amides is 1. The maximum atomic E-state index is 12.6. The third kappa shape index (κ3) is 3.69. The highest BCUT2D eigenvalue weighted by Crippen LogP contribution is 2.33. The number of nitrogens with one attached hydrogen (secondary N) is 1. The Hall–Kier alpha value is -4.26. The number of carbonyl (C=O) groups excluding carboxylic acids is 1. The zero-order chi connectivity index (χ0) is 21.2. The summed E-state index contributed by atoms with van der Waals surface area (Å²) in [7, 11) is 0. The van der Waals surface area contributed by atoms with Gasteiger partial charge >= 0.3 is 0 Å². The largest absolute Gasteiger partial charge is 0.360 e. The molecule has 1 amide bonds. The van der Waals surface area contributed by atoms with Crippen LogP contribution in [0.5, 0.6) is 0 Å². The van der Waals surface area contributed by atoms with Gasteiger partial charge in [0, 0.05) is 24.2 Å². The number of carbonyl (C=O) groups is 1. The number of fused-ring (bicyclic) bond motifs is 1. The number of benzene rings is 1. The number of hydrogen-bond acceptors (Lipinski definition) is 5. The molecular weight excluding hydrogens is 390 g/mol. The van der Waals surface area contributed by atoms with Crippen LogP contribution >= 0.6 is 0 Å². The first-order chi connectivity index (χ1) is 15.2. The van der Waals surface area contributed by atoms with Gasteiger partial charge in [-0.25, -0.2) is 4.98 Å². The molecule has 5 rings (SSSR count). The first kappa shape index (κ1) is 18.7. The predicted molar refractivity (Wildman–Crippen MR) is 116 cm³/mol. The molecule has 0 bridgehead atoms. The van der Waals surface area contributed by atoms with E-state index in [1.165, 1.54) is 0 Å². The average molecular weight is 409 g/mol. The highest BCUT2D eigenvalue weighted by Gasteiger charge is 2.19. The quantitative estimate of drug-likeness (QED) is 0.468. The van der Waals surface area contributed by atoms with E-state index in [1.54, 1.807) is 18.5 Å². The van der Waals surface area contributed by atoms with E-state index in [1.807, 2.05) is 72.1 Å². The molecule has 0 aliphatic rings. The lowest BCUT2D eigenvalue weighted by Gasteiger charge is -2.05. The summed E-state index contributed by atoms with van der Waals surface area (Å²) in [5, 5.41) is 7.13. The Morgan fingerprint density at radius 3 is 2.68 bits per heavy atom. The van der Waals surface area contributed by atoms with Gasteiger partial charge in [0.15, 0.2) is 0 Å². The summed E-state index contributed by atoms with van der Waals surface area (Å²) in [5.41, 5.74) is 5.36. The van der Waals surface area contributed by atoms with E-state index in [0.717, 1.165) is 33.9 Å². The Morgan fingerprint density at radius 1 is 1.03 bits per heavy atom. The Bertz CT molecular complexity index is 1360. The molecule has 0 saturated carbocycles. The summed E-state index contributed by atoms with van der Waals surface area (Å²) in [6.45, 7) is 2.24. The van der Waals surface area contributed by atoms with Gasteiger partial charge in [-0.15, -0.1) is 0 Å². The van der Waals surface area contributed by atoms with Crippen LogP contribution in [0.25, 0.3) is 28.2 Å². The monoisotopic (exact) mass is 409 g/mol. The van der Waals surface area contributed by atoms with Crippen molar-refractivity contribution >= 4 is 11.6 Å². The molecular formula is C24H19N5O2. The standard InChI is InChI=1S/C24H19N5O2/c1-16-22(23(28-31-16)17-7-3-2-4-8-17)20-15-29-14-18(10-11-21(29)27-20)24(30)26-13-19-9-5-6-12-25-19/h2-12,14-15H,13H2,1H3,(H,26,30). The highest BCUT2D eigenvalue weighted by molar-refractivity contribution is 5.94. The third-order valence-electron chi connectivity index (χ3n) is 5.04. The van der Waals surface area contributed by atoms with Gasteiger partial charge in [-0.2, -0.15) is 0 Å². The van der Waals surface area contributed by atoms with Crippen LogP contribution in [-0.4, -0.2) is 25.4 Å². The van der Waals surface area contributed by atoms with Gasteiger partial charge in [0.05, 0.1) is 29.1 Å². The zero-order valence-corrected chi connectivity index (χ0v) is 16.8. The van der Waals surface area contributed by atoms with Crippen molar-refractivity contribution in [2.24, 2.45) is 0 Å². The maximum absolute atomic E-state index is 12.6. The summed E-state index contributed by atoms with van der Waals surface area (Å²) in [4.78, 5) is 21.5. The van der Waals surface area contributed by atoms with Crippen molar-refractivity contribution in [3.8, 4) is 22.5 Å². The van der Waals surface area contributed by atoms with E-state index in [0.29, 0.717) is 17.9 Å². The SMILES string of the molecule is Cc1onc(-c2ccccc2)c1-c1cn2cc(C(=O)NCc3ccccn3)ccc2n1. The highest BCUT2D eigenvalue weighted by atomic mass is 16.5. The minimum Gasteiger partial charge on any atom is -0.360 e. The third-order valence-corrected chi connectivity index (χ3v) is 5.04. The molecule has 0 aliphatic heterocycles. The van der Waals surface area contributed by atoms with Crippen LogP contribution in [0.4, 0.5) is 0 Å². The van der Waals surface area contributed by atoms with Crippen LogP contribution in [0.2, 0.25) is 0 Å². The molecule has 1 aromatic carbocycles. The lowest BCUT2D eigenvalue weighted by molar-refractivity contribution is 0.0950. The molecule has 4 heterocycles. The van der Waals surface area contributed by atoms with Crippen molar-refractivity contribution in [1.29, 1.82) is 0 Å². The number of hydrogen-bond donors (Lipinski definition) is 1. The molecule has 0 saturated heterocycles. The molecule has 31 heavy (non-hydrogen) atoms. The Labute approximate surface area is 178 Å². The molecule has 4 aromatic heterocycles. The maximum Gasteiger partial charge on any atom is 0.253 e. The Morgan fingerprint density at radius 2 is 1.87 bits per heavy atom. The molecule has 7 nitrogen and oxygen atoms in total. The minimum absolute atomic E-state index is 0.172. The van der Waals surface area contributed by atoms with Gasteiger partial charge < -0.3 is 14.2 Å². The van der Waals surface area contributed by atoms with Gasteiger partial charge in [0.2, 0.25) is 0 Å². The summed E-state index contributed by atoms with van der Waals surface area (Å²) in [5.74, 6) is 0.518. The number of nitrogens with zero attached hydrogens (tertiary/aromatic N) is 4. The van der Waals surface area contributed by atoms with E-state index in [-0.39, 0.29) is 5.91 Å². The van der Waals surface area contributed by atoms with E-state index >= 15 is 0 Å². The first-order valence-corrected chi connectivity index (χ1v) is 9.88. The number of rotatable bonds is 5. The molecule has 152 valence electrons. The normalized spacial score (nSPS) is 11.0. The lowest BCUT2D eigenvalue weighted by atomic mass is 10.0. The first-order valence-electron chi connectivity index (χ1n) is 9.88. The molecule has 1 N–H and O–H groups in total. The molecule has 7 heteroatoms. The van der Waals surface area contributed by atoms with Crippen molar-refractivity contribution in [2.45, 2.75) is 13.5 Å². The fourth-order valence-electron chi connectivity index (χ4n) is 3.49. The predicted octanol–water partition coefficient (Wildman–Crippen LogP) is 4.29. The molecule has 5 aromatic rings. The summed E-state index contributed by atoms with van der Waals surface area (Å²) >= 11 is 0. The van der Waals surface area contributed by atoms with Gasteiger partial charge in [-0.05, 0) is 31.2 Å². The smallest absolute Gasteiger partial charge is 0.253 e. The van der Waals surface area contributed by atoms with Crippen molar-refractivity contribution in [2.75, 3.05) is 0 Å².